The van der Waals surface area contributed by atoms with Crippen LogP contribution in [0.15, 0.2) is 66.7 Å². The van der Waals surface area contributed by atoms with Crippen LogP contribution in [0.1, 0.15) is 18.1 Å². The Hall–Kier alpha value is -2.55. The topological polar surface area (TPSA) is 35.5 Å². The van der Waals surface area contributed by atoms with Crippen LogP contribution in [0.2, 0.25) is 0 Å². The minimum Gasteiger partial charge on any atom is -0.457 e. The molecule has 1 aliphatic rings. The molecule has 1 atom stereocenters. The van der Waals surface area contributed by atoms with Crippen LogP contribution in [-0.4, -0.2) is 5.97 Å². The number of para-hydroxylation sites is 1. The van der Waals surface area contributed by atoms with Crippen molar-refractivity contribution in [2.45, 2.75) is 12.5 Å². The van der Waals surface area contributed by atoms with Crippen molar-refractivity contribution in [3.8, 4) is 11.5 Å². The molecule has 3 heteroatoms. The normalized spacial score (nSPS) is 17.9. The van der Waals surface area contributed by atoms with Gasteiger partial charge in [0.15, 0.2) is 0 Å². The summed E-state index contributed by atoms with van der Waals surface area (Å²) in [4.78, 5) is 11.3. The molecule has 0 amide bonds. The van der Waals surface area contributed by atoms with Gasteiger partial charge in [0.1, 0.15) is 17.6 Å². The highest BCUT2D eigenvalue weighted by atomic mass is 16.5. The molecule has 1 fully saturated rings. The van der Waals surface area contributed by atoms with Crippen molar-refractivity contribution in [1.82, 2.24) is 0 Å². The lowest BCUT2D eigenvalue weighted by molar-refractivity contribution is -0.139. The molecule has 2 aromatic carbocycles. The lowest BCUT2D eigenvalue weighted by Gasteiger charge is -2.10. The summed E-state index contributed by atoms with van der Waals surface area (Å²) in [5, 5.41) is 0. The van der Waals surface area contributed by atoms with E-state index in [0.29, 0.717) is 12.0 Å². The van der Waals surface area contributed by atoms with Gasteiger partial charge < -0.3 is 9.47 Å². The van der Waals surface area contributed by atoms with Gasteiger partial charge in [-0.2, -0.15) is 0 Å². The molecule has 2 aromatic rings. The maximum Gasteiger partial charge on any atom is 0.334 e. The number of carbonyl (C=O) groups excluding carboxylic acids is 1. The third-order valence-corrected chi connectivity index (χ3v) is 3.20. The summed E-state index contributed by atoms with van der Waals surface area (Å²) < 4.78 is 11.0. The fourth-order valence-electron chi connectivity index (χ4n) is 2.12. The molecule has 0 saturated carbocycles. The van der Waals surface area contributed by atoms with Gasteiger partial charge in [0.25, 0.3) is 0 Å². The first-order valence-corrected chi connectivity index (χ1v) is 6.44. The van der Waals surface area contributed by atoms with Crippen molar-refractivity contribution in [1.29, 1.82) is 0 Å². The Morgan fingerprint density at radius 2 is 1.65 bits per heavy atom. The summed E-state index contributed by atoms with van der Waals surface area (Å²) in [6, 6.07) is 17.2. The van der Waals surface area contributed by atoms with E-state index in [4.69, 9.17) is 9.47 Å². The highest BCUT2D eigenvalue weighted by Gasteiger charge is 2.28. The molecule has 20 heavy (non-hydrogen) atoms. The van der Waals surface area contributed by atoms with Crippen LogP contribution in [0.3, 0.4) is 0 Å². The lowest BCUT2D eigenvalue weighted by atomic mass is 10.1. The maximum absolute atomic E-state index is 11.3. The molecule has 1 unspecified atom stereocenters. The van der Waals surface area contributed by atoms with Gasteiger partial charge in [-0.05, 0) is 29.8 Å². The van der Waals surface area contributed by atoms with Gasteiger partial charge in [0, 0.05) is 12.0 Å². The molecule has 0 bridgehead atoms. The van der Waals surface area contributed by atoms with E-state index in [0.717, 1.165) is 17.1 Å². The van der Waals surface area contributed by atoms with Crippen molar-refractivity contribution < 1.29 is 14.3 Å². The van der Waals surface area contributed by atoms with E-state index in [1.54, 1.807) is 0 Å². The Labute approximate surface area is 117 Å². The van der Waals surface area contributed by atoms with Crippen molar-refractivity contribution in [3.63, 3.8) is 0 Å². The maximum atomic E-state index is 11.3. The standard InChI is InChI=1S/C17H14O3/c1-12-11-16(20-17(12)18)13-7-9-15(10-8-13)19-14-5-3-2-4-6-14/h2-10,16H,1,11H2. The quantitative estimate of drug-likeness (QED) is 0.621. The minimum atomic E-state index is -0.306. The monoisotopic (exact) mass is 266 g/mol. The van der Waals surface area contributed by atoms with E-state index < -0.39 is 0 Å². The van der Waals surface area contributed by atoms with Crippen LogP contribution in [0, 0.1) is 0 Å². The molecule has 100 valence electrons. The second-order valence-corrected chi connectivity index (χ2v) is 4.69. The van der Waals surface area contributed by atoms with Crippen LogP contribution in [0.5, 0.6) is 11.5 Å². The first-order valence-electron chi connectivity index (χ1n) is 6.44. The zero-order valence-corrected chi connectivity index (χ0v) is 10.9. The molecule has 0 radical (unpaired) electrons. The largest absolute Gasteiger partial charge is 0.457 e. The second-order valence-electron chi connectivity index (χ2n) is 4.69. The molecule has 1 aliphatic heterocycles. The summed E-state index contributed by atoms with van der Waals surface area (Å²) in [7, 11) is 0. The first-order chi connectivity index (χ1) is 9.72. The molecule has 0 N–H and O–H groups in total. The molecule has 3 nitrogen and oxygen atoms in total. The van der Waals surface area contributed by atoms with Crippen LogP contribution < -0.4 is 4.74 Å². The van der Waals surface area contributed by atoms with Crippen LogP contribution in [0.25, 0.3) is 0 Å². The molecule has 3 rings (SSSR count). The van der Waals surface area contributed by atoms with Gasteiger partial charge in [0.05, 0.1) is 0 Å². The Morgan fingerprint density at radius 3 is 2.25 bits per heavy atom. The lowest BCUT2D eigenvalue weighted by Crippen LogP contribution is -1.98. The third-order valence-electron chi connectivity index (χ3n) is 3.20. The molecule has 0 aliphatic carbocycles. The second kappa shape index (κ2) is 5.21. The summed E-state index contributed by atoms with van der Waals surface area (Å²) in [5.74, 6) is 1.24. The van der Waals surface area contributed by atoms with Gasteiger partial charge in [-0.25, -0.2) is 4.79 Å². The number of ether oxygens (including phenoxy) is 2. The van der Waals surface area contributed by atoms with Gasteiger partial charge in [-0.3, -0.25) is 0 Å². The van der Waals surface area contributed by atoms with Crippen LogP contribution in [0.4, 0.5) is 0 Å². The highest BCUT2D eigenvalue weighted by Crippen LogP contribution is 2.33. The average Bonchev–Trinajstić information content (AvgIpc) is 2.81. The summed E-state index contributed by atoms with van der Waals surface area (Å²) >= 11 is 0. The number of cyclic esters (lactones) is 1. The number of benzene rings is 2. The molecule has 0 aromatic heterocycles. The van der Waals surface area contributed by atoms with Gasteiger partial charge in [-0.15, -0.1) is 0 Å². The van der Waals surface area contributed by atoms with E-state index in [1.165, 1.54) is 0 Å². The number of hydrogen-bond acceptors (Lipinski definition) is 3. The predicted octanol–water partition coefficient (Wildman–Crippen LogP) is 4.02. The minimum absolute atomic E-state index is 0.222. The van der Waals surface area contributed by atoms with Crippen LogP contribution in [-0.2, 0) is 9.53 Å². The number of rotatable bonds is 3. The van der Waals surface area contributed by atoms with Crippen molar-refractivity contribution in [3.05, 3.63) is 72.3 Å². The fourth-order valence-corrected chi connectivity index (χ4v) is 2.12. The summed E-state index contributed by atoms with van der Waals surface area (Å²) in [6.45, 7) is 3.69. The Kier molecular flexibility index (Phi) is 3.25. The Balaban J connectivity index is 1.72. The summed E-state index contributed by atoms with van der Waals surface area (Å²) in [5.41, 5.74) is 1.48. The van der Waals surface area contributed by atoms with Crippen molar-refractivity contribution in [2.24, 2.45) is 0 Å². The number of carbonyl (C=O) groups is 1. The first kappa shape index (κ1) is 12.5. The van der Waals surface area contributed by atoms with E-state index >= 15 is 0 Å². The molecule has 1 saturated heterocycles. The SMILES string of the molecule is C=C1CC(c2ccc(Oc3ccccc3)cc2)OC1=O. The third kappa shape index (κ3) is 2.57. The Morgan fingerprint density at radius 1 is 1.00 bits per heavy atom. The number of esters is 1. The zero-order valence-electron chi connectivity index (χ0n) is 10.9. The van der Waals surface area contributed by atoms with Crippen molar-refractivity contribution >= 4 is 5.97 Å². The van der Waals surface area contributed by atoms with Gasteiger partial charge in [0.2, 0.25) is 0 Å². The van der Waals surface area contributed by atoms with E-state index in [2.05, 4.69) is 6.58 Å². The van der Waals surface area contributed by atoms with Crippen LogP contribution >= 0.6 is 0 Å². The van der Waals surface area contributed by atoms with E-state index in [1.807, 2.05) is 54.6 Å². The van der Waals surface area contributed by atoms with Gasteiger partial charge in [-0.1, -0.05) is 36.9 Å². The molecule has 0 spiro atoms. The Bertz CT molecular complexity index is 613. The molecular formula is C17H14O3. The van der Waals surface area contributed by atoms with Gasteiger partial charge >= 0.3 is 5.97 Å². The van der Waals surface area contributed by atoms with Crippen molar-refractivity contribution in [2.75, 3.05) is 0 Å². The molecular weight excluding hydrogens is 252 g/mol. The average molecular weight is 266 g/mol. The summed E-state index contributed by atoms with van der Waals surface area (Å²) in [6.07, 6.45) is 0.332. The predicted molar refractivity (Wildman–Crippen MR) is 75.5 cm³/mol. The highest BCUT2D eigenvalue weighted by molar-refractivity contribution is 5.90. The number of hydrogen-bond donors (Lipinski definition) is 0. The molecule has 1 heterocycles. The smallest absolute Gasteiger partial charge is 0.334 e. The van der Waals surface area contributed by atoms with E-state index in [-0.39, 0.29) is 12.1 Å². The fraction of sp³-hybridized carbons (Fsp3) is 0.118. The zero-order chi connectivity index (χ0) is 13.9. The van der Waals surface area contributed by atoms with E-state index in [9.17, 15) is 4.79 Å².